The lowest BCUT2D eigenvalue weighted by Gasteiger charge is -2.06. The highest BCUT2D eigenvalue weighted by atomic mass is 15.3. The molecule has 3 aromatic rings. The van der Waals surface area contributed by atoms with E-state index in [-0.39, 0.29) is 0 Å². The van der Waals surface area contributed by atoms with E-state index in [1.54, 1.807) is 12.4 Å². The highest BCUT2D eigenvalue weighted by molar-refractivity contribution is 5.44. The van der Waals surface area contributed by atoms with Gasteiger partial charge < -0.3 is 5.32 Å². The lowest BCUT2D eigenvalue weighted by Crippen LogP contribution is -2.02. The van der Waals surface area contributed by atoms with Gasteiger partial charge >= 0.3 is 0 Å². The zero-order chi connectivity index (χ0) is 12.9. The first kappa shape index (κ1) is 11.5. The summed E-state index contributed by atoms with van der Waals surface area (Å²) < 4.78 is 1.91. The van der Waals surface area contributed by atoms with Gasteiger partial charge in [0.25, 0.3) is 0 Å². The number of benzene rings is 1. The predicted octanol–water partition coefficient (Wildman–Crippen LogP) is 2.27. The number of aromatic amines is 1. The van der Waals surface area contributed by atoms with E-state index in [2.05, 4.69) is 44.9 Å². The summed E-state index contributed by atoms with van der Waals surface area (Å²) in [6, 6.07) is 12.3. The van der Waals surface area contributed by atoms with Crippen LogP contribution in [0.25, 0.3) is 0 Å². The van der Waals surface area contributed by atoms with Crippen molar-refractivity contribution in [3.05, 3.63) is 66.2 Å². The molecule has 0 aliphatic rings. The first-order chi connectivity index (χ1) is 9.40. The molecule has 0 radical (unpaired) electrons. The van der Waals surface area contributed by atoms with Gasteiger partial charge in [-0.2, -0.15) is 10.2 Å². The summed E-state index contributed by atoms with van der Waals surface area (Å²) in [6.07, 6.45) is 5.51. The van der Waals surface area contributed by atoms with Crippen LogP contribution in [0, 0.1) is 0 Å². The van der Waals surface area contributed by atoms with Crippen molar-refractivity contribution in [3.63, 3.8) is 0 Å². The third-order valence-electron chi connectivity index (χ3n) is 2.90. The second kappa shape index (κ2) is 5.39. The summed E-state index contributed by atoms with van der Waals surface area (Å²) in [5.41, 5.74) is 3.40. The maximum absolute atomic E-state index is 4.19. The normalized spacial score (nSPS) is 10.5. The number of hydrogen-bond donors (Lipinski definition) is 2. The van der Waals surface area contributed by atoms with E-state index < -0.39 is 0 Å². The number of H-pyrrole nitrogens is 1. The van der Waals surface area contributed by atoms with Crippen molar-refractivity contribution >= 4 is 5.69 Å². The first-order valence-corrected chi connectivity index (χ1v) is 6.19. The fourth-order valence-electron chi connectivity index (χ4n) is 1.89. The molecule has 19 heavy (non-hydrogen) atoms. The molecule has 0 saturated heterocycles. The van der Waals surface area contributed by atoms with Crippen LogP contribution in [-0.4, -0.2) is 20.0 Å². The molecule has 2 N–H and O–H groups in total. The fourth-order valence-corrected chi connectivity index (χ4v) is 1.89. The lowest BCUT2D eigenvalue weighted by molar-refractivity contribution is 0.687. The molecule has 0 atom stereocenters. The Morgan fingerprint density at radius 2 is 2.00 bits per heavy atom. The third kappa shape index (κ3) is 3.01. The first-order valence-electron chi connectivity index (χ1n) is 6.19. The van der Waals surface area contributed by atoms with Crippen LogP contribution >= 0.6 is 0 Å². The lowest BCUT2D eigenvalue weighted by atomic mass is 10.2. The second-order valence-electron chi connectivity index (χ2n) is 4.34. The van der Waals surface area contributed by atoms with E-state index in [4.69, 9.17) is 0 Å². The number of nitrogens with zero attached hydrogens (tertiary/aromatic N) is 3. The van der Waals surface area contributed by atoms with E-state index in [0.29, 0.717) is 0 Å². The summed E-state index contributed by atoms with van der Waals surface area (Å²) >= 11 is 0. The van der Waals surface area contributed by atoms with Gasteiger partial charge in [-0.3, -0.25) is 9.78 Å². The SMILES string of the molecule is c1cnn(Cc2ccc(NCc3ccn[nH]3)cc2)c1. The molecule has 1 aromatic carbocycles. The molecule has 5 nitrogen and oxygen atoms in total. The quantitative estimate of drug-likeness (QED) is 0.733. The number of hydrogen-bond acceptors (Lipinski definition) is 3. The van der Waals surface area contributed by atoms with Crippen molar-refractivity contribution in [2.45, 2.75) is 13.1 Å². The van der Waals surface area contributed by atoms with E-state index in [0.717, 1.165) is 24.5 Å². The average Bonchev–Trinajstić information content (AvgIpc) is 3.11. The van der Waals surface area contributed by atoms with Crippen LogP contribution < -0.4 is 5.32 Å². The smallest absolute Gasteiger partial charge is 0.0659 e. The van der Waals surface area contributed by atoms with Crippen molar-refractivity contribution in [1.82, 2.24) is 20.0 Å². The Morgan fingerprint density at radius 3 is 2.68 bits per heavy atom. The van der Waals surface area contributed by atoms with Gasteiger partial charge in [-0.1, -0.05) is 12.1 Å². The maximum atomic E-state index is 4.19. The molecule has 96 valence electrons. The number of aromatic nitrogens is 4. The Kier molecular flexibility index (Phi) is 3.27. The Labute approximate surface area is 111 Å². The van der Waals surface area contributed by atoms with Gasteiger partial charge in [0, 0.05) is 24.3 Å². The molecular formula is C14H15N5. The van der Waals surface area contributed by atoms with Gasteiger partial charge in [0.05, 0.1) is 18.8 Å². The highest BCUT2D eigenvalue weighted by Crippen LogP contribution is 2.11. The van der Waals surface area contributed by atoms with Crippen LogP contribution in [0.1, 0.15) is 11.3 Å². The van der Waals surface area contributed by atoms with Crippen LogP contribution in [0.4, 0.5) is 5.69 Å². The Balaban J connectivity index is 1.59. The standard InChI is InChI=1S/C14H15N5/c1-7-17-19(9-1)11-12-2-4-13(5-3-12)15-10-14-6-8-16-18-14/h1-9,15H,10-11H2,(H,16,18). The molecule has 2 aromatic heterocycles. The number of anilines is 1. The summed E-state index contributed by atoms with van der Waals surface area (Å²) in [7, 11) is 0. The number of nitrogens with one attached hydrogen (secondary N) is 2. The predicted molar refractivity (Wildman–Crippen MR) is 73.7 cm³/mol. The van der Waals surface area contributed by atoms with E-state index in [9.17, 15) is 0 Å². The molecule has 0 bridgehead atoms. The monoisotopic (exact) mass is 253 g/mol. The molecule has 0 amide bonds. The molecule has 0 spiro atoms. The van der Waals surface area contributed by atoms with Gasteiger partial charge in [-0.15, -0.1) is 0 Å². The Bertz CT molecular complexity index is 596. The molecule has 0 fully saturated rings. The average molecular weight is 253 g/mol. The molecular weight excluding hydrogens is 238 g/mol. The van der Waals surface area contributed by atoms with Crippen LogP contribution in [0.3, 0.4) is 0 Å². The molecule has 0 aliphatic heterocycles. The largest absolute Gasteiger partial charge is 0.379 e. The molecule has 0 unspecified atom stereocenters. The second-order valence-corrected chi connectivity index (χ2v) is 4.34. The van der Waals surface area contributed by atoms with Crippen molar-refractivity contribution in [3.8, 4) is 0 Å². The van der Waals surface area contributed by atoms with Gasteiger partial charge in [-0.25, -0.2) is 0 Å². The van der Waals surface area contributed by atoms with Gasteiger partial charge in [0.1, 0.15) is 0 Å². The zero-order valence-corrected chi connectivity index (χ0v) is 10.5. The third-order valence-corrected chi connectivity index (χ3v) is 2.90. The zero-order valence-electron chi connectivity index (χ0n) is 10.5. The van der Waals surface area contributed by atoms with Crippen LogP contribution in [0.5, 0.6) is 0 Å². The Hall–Kier alpha value is -2.56. The molecule has 0 aliphatic carbocycles. The summed E-state index contributed by atoms with van der Waals surface area (Å²) in [5, 5.41) is 14.4. The Morgan fingerprint density at radius 1 is 1.11 bits per heavy atom. The summed E-state index contributed by atoms with van der Waals surface area (Å²) in [6.45, 7) is 1.55. The maximum Gasteiger partial charge on any atom is 0.0659 e. The summed E-state index contributed by atoms with van der Waals surface area (Å²) in [5.74, 6) is 0. The van der Waals surface area contributed by atoms with E-state index in [1.165, 1.54) is 5.56 Å². The topological polar surface area (TPSA) is 58.5 Å². The fraction of sp³-hybridized carbons (Fsp3) is 0.143. The molecule has 2 heterocycles. The molecule has 3 rings (SSSR count). The van der Waals surface area contributed by atoms with Crippen molar-refractivity contribution < 1.29 is 0 Å². The van der Waals surface area contributed by atoms with Gasteiger partial charge in [-0.05, 0) is 29.8 Å². The van der Waals surface area contributed by atoms with E-state index in [1.807, 2.05) is 23.0 Å². The minimum absolute atomic E-state index is 0.749. The van der Waals surface area contributed by atoms with Crippen LogP contribution in [-0.2, 0) is 13.1 Å². The van der Waals surface area contributed by atoms with Gasteiger partial charge in [0.2, 0.25) is 0 Å². The molecule has 5 heteroatoms. The van der Waals surface area contributed by atoms with Crippen LogP contribution in [0.15, 0.2) is 55.0 Å². The van der Waals surface area contributed by atoms with Crippen molar-refractivity contribution in [1.29, 1.82) is 0 Å². The van der Waals surface area contributed by atoms with E-state index >= 15 is 0 Å². The highest BCUT2D eigenvalue weighted by Gasteiger charge is 1.97. The number of rotatable bonds is 5. The molecule has 0 saturated carbocycles. The van der Waals surface area contributed by atoms with Crippen molar-refractivity contribution in [2.75, 3.05) is 5.32 Å². The van der Waals surface area contributed by atoms with Gasteiger partial charge in [0.15, 0.2) is 0 Å². The van der Waals surface area contributed by atoms with Crippen LogP contribution in [0.2, 0.25) is 0 Å². The van der Waals surface area contributed by atoms with Crippen molar-refractivity contribution in [2.24, 2.45) is 0 Å². The minimum Gasteiger partial charge on any atom is -0.379 e. The summed E-state index contributed by atoms with van der Waals surface area (Å²) in [4.78, 5) is 0. The minimum atomic E-state index is 0.749.